The first kappa shape index (κ1) is 26.3. The summed E-state index contributed by atoms with van der Waals surface area (Å²) in [6, 6.07) is 12.2. The molecule has 1 aliphatic rings. The van der Waals surface area contributed by atoms with Gasteiger partial charge in [-0.05, 0) is 63.9 Å². The number of amides is 3. The minimum Gasteiger partial charge on any atom is -0.346 e. The summed E-state index contributed by atoms with van der Waals surface area (Å²) < 4.78 is 1.66. The molecule has 1 aromatic heterocycles. The normalized spacial score (nSPS) is 15.8. The summed E-state index contributed by atoms with van der Waals surface area (Å²) >= 11 is 18.7. The molecule has 0 radical (unpaired) electrons. The lowest BCUT2D eigenvalue weighted by atomic mass is 10.0. The van der Waals surface area contributed by atoms with Crippen LogP contribution in [0.4, 0.5) is 4.79 Å². The number of halogens is 3. The fourth-order valence-corrected chi connectivity index (χ4v) is 4.97. The molecule has 0 bridgehead atoms. The Morgan fingerprint density at radius 2 is 1.75 bits per heavy atom. The Balaban J connectivity index is 1.66. The predicted molar refractivity (Wildman–Crippen MR) is 144 cm³/mol. The third kappa shape index (κ3) is 5.80. The molecule has 3 amide bonds. The van der Waals surface area contributed by atoms with Gasteiger partial charge in [0.05, 0.1) is 16.4 Å². The Hall–Kier alpha value is -2.74. The number of likely N-dealkylation sites (tertiary alicyclic amines) is 1. The van der Waals surface area contributed by atoms with Crippen molar-refractivity contribution in [1.82, 2.24) is 25.3 Å². The molecule has 2 aromatic carbocycles. The number of aromatic nitrogens is 2. The zero-order valence-corrected chi connectivity index (χ0v) is 22.6. The summed E-state index contributed by atoms with van der Waals surface area (Å²) in [6.07, 6.45) is 1.59. The Morgan fingerprint density at radius 1 is 1.06 bits per heavy atom. The number of rotatable bonds is 5. The summed E-state index contributed by atoms with van der Waals surface area (Å²) in [6.45, 7) is 6.80. The van der Waals surface area contributed by atoms with Crippen molar-refractivity contribution < 1.29 is 9.59 Å². The molecule has 0 saturated carbocycles. The zero-order chi connectivity index (χ0) is 26.0. The van der Waals surface area contributed by atoms with Gasteiger partial charge < -0.3 is 15.5 Å². The second-order valence-electron chi connectivity index (χ2n) is 9.20. The molecular weight excluding hydrogens is 521 g/mol. The van der Waals surface area contributed by atoms with E-state index in [1.807, 2.05) is 32.9 Å². The number of hydrogen-bond acceptors (Lipinski definition) is 3. The van der Waals surface area contributed by atoms with Crippen molar-refractivity contribution in [3.8, 4) is 16.9 Å². The molecule has 0 unspecified atom stereocenters. The van der Waals surface area contributed by atoms with Crippen molar-refractivity contribution in [1.29, 1.82) is 0 Å². The molecular formula is C26H28Cl3N5O2. The summed E-state index contributed by atoms with van der Waals surface area (Å²) in [5, 5.41) is 12.2. The van der Waals surface area contributed by atoms with E-state index in [4.69, 9.17) is 34.8 Å². The highest BCUT2D eigenvalue weighted by molar-refractivity contribution is 6.35. The maximum absolute atomic E-state index is 13.4. The monoisotopic (exact) mass is 547 g/mol. The van der Waals surface area contributed by atoms with Crippen molar-refractivity contribution in [2.75, 3.05) is 13.1 Å². The molecule has 4 rings (SSSR count). The van der Waals surface area contributed by atoms with E-state index in [1.165, 1.54) is 0 Å². The Bertz CT molecular complexity index is 1270. The van der Waals surface area contributed by atoms with E-state index in [-0.39, 0.29) is 29.7 Å². The van der Waals surface area contributed by atoms with Crippen LogP contribution in [0.2, 0.25) is 15.1 Å². The van der Waals surface area contributed by atoms with E-state index in [0.29, 0.717) is 39.4 Å². The van der Waals surface area contributed by atoms with Crippen molar-refractivity contribution in [2.24, 2.45) is 0 Å². The lowest BCUT2D eigenvalue weighted by molar-refractivity contribution is 0.0904. The van der Waals surface area contributed by atoms with Gasteiger partial charge in [-0.1, -0.05) is 46.9 Å². The van der Waals surface area contributed by atoms with Gasteiger partial charge in [-0.2, -0.15) is 5.10 Å². The molecule has 7 nitrogen and oxygen atoms in total. The van der Waals surface area contributed by atoms with Crippen LogP contribution in [0.5, 0.6) is 0 Å². The molecule has 190 valence electrons. The highest BCUT2D eigenvalue weighted by Crippen LogP contribution is 2.33. The SMILES string of the molecule is Cc1c(C(=O)N[C@H]2CCCN(C(=O)NC(C)C)C2)nn(-c2ccc(Cl)cc2Cl)c1-c1ccc(Cl)cc1. The highest BCUT2D eigenvalue weighted by atomic mass is 35.5. The fourth-order valence-electron chi connectivity index (χ4n) is 4.36. The zero-order valence-electron chi connectivity index (χ0n) is 20.3. The van der Waals surface area contributed by atoms with Crippen LogP contribution in [-0.4, -0.2) is 51.8 Å². The molecule has 1 atom stereocenters. The Labute approximate surface area is 225 Å². The number of benzene rings is 2. The molecule has 2 N–H and O–H groups in total. The van der Waals surface area contributed by atoms with E-state index in [2.05, 4.69) is 15.7 Å². The van der Waals surface area contributed by atoms with Gasteiger partial charge in [0, 0.05) is 46.3 Å². The number of urea groups is 1. The van der Waals surface area contributed by atoms with Crippen LogP contribution in [0.15, 0.2) is 42.5 Å². The molecule has 1 aliphatic heterocycles. The van der Waals surface area contributed by atoms with Crippen molar-refractivity contribution in [2.45, 2.75) is 45.7 Å². The van der Waals surface area contributed by atoms with Gasteiger partial charge in [-0.25, -0.2) is 9.48 Å². The van der Waals surface area contributed by atoms with Gasteiger partial charge in [0.2, 0.25) is 0 Å². The van der Waals surface area contributed by atoms with Crippen molar-refractivity contribution in [3.05, 3.63) is 68.8 Å². The van der Waals surface area contributed by atoms with E-state index in [1.54, 1.807) is 39.9 Å². The van der Waals surface area contributed by atoms with Crippen LogP contribution in [0, 0.1) is 6.92 Å². The lowest BCUT2D eigenvalue weighted by Crippen LogP contribution is -2.53. The molecule has 0 aliphatic carbocycles. The molecule has 1 fully saturated rings. The fraction of sp³-hybridized carbons (Fsp3) is 0.346. The first-order valence-corrected chi connectivity index (χ1v) is 12.9. The third-order valence-electron chi connectivity index (χ3n) is 6.05. The first-order chi connectivity index (χ1) is 17.1. The highest BCUT2D eigenvalue weighted by Gasteiger charge is 2.28. The van der Waals surface area contributed by atoms with E-state index in [0.717, 1.165) is 24.1 Å². The molecule has 1 saturated heterocycles. The van der Waals surface area contributed by atoms with Crippen LogP contribution < -0.4 is 10.6 Å². The predicted octanol–water partition coefficient (Wildman–Crippen LogP) is 6.12. The molecule has 3 aromatic rings. The van der Waals surface area contributed by atoms with Crippen LogP contribution >= 0.6 is 34.8 Å². The molecule has 2 heterocycles. The van der Waals surface area contributed by atoms with E-state index in [9.17, 15) is 9.59 Å². The van der Waals surface area contributed by atoms with Gasteiger partial charge in [0.15, 0.2) is 5.69 Å². The largest absolute Gasteiger partial charge is 0.346 e. The van der Waals surface area contributed by atoms with Crippen molar-refractivity contribution >= 4 is 46.7 Å². The summed E-state index contributed by atoms with van der Waals surface area (Å²) in [7, 11) is 0. The Morgan fingerprint density at radius 3 is 2.42 bits per heavy atom. The van der Waals surface area contributed by atoms with Crippen LogP contribution in [-0.2, 0) is 0 Å². The maximum atomic E-state index is 13.4. The maximum Gasteiger partial charge on any atom is 0.317 e. The number of nitrogens with one attached hydrogen (secondary N) is 2. The minimum atomic E-state index is -0.303. The van der Waals surface area contributed by atoms with Gasteiger partial charge in [-0.3, -0.25) is 4.79 Å². The van der Waals surface area contributed by atoms with Crippen LogP contribution in [0.1, 0.15) is 42.7 Å². The van der Waals surface area contributed by atoms with Crippen molar-refractivity contribution in [3.63, 3.8) is 0 Å². The van der Waals surface area contributed by atoms with Gasteiger partial charge in [-0.15, -0.1) is 0 Å². The van der Waals surface area contributed by atoms with Gasteiger partial charge in [0.25, 0.3) is 5.91 Å². The number of carbonyl (C=O) groups is 2. The van der Waals surface area contributed by atoms with Crippen LogP contribution in [0.3, 0.4) is 0 Å². The topological polar surface area (TPSA) is 79.3 Å². The van der Waals surface area contributed by atoms with Gasteiger partial charge in [0.1, 0.15) is 0 Å². The average molecular weight is 549 g/mol. The lowest BCUT2D eigenvalue weighted by Gasteiger charge is -2.33. The third-order valence-corrected chi connectivity index (χ3v) is 6.84. The Kier molecular flexibility index (Phi) is 8.13. The molecule has 36 heavy (non-hydrogen) atoms. The average Bonchev–Trinajstić information content (AvgIpc) is 3.16. The first-order valence-electron chi connectivity index (χ1n) is 11.8. The quantitative estimate of drug-likeness (QED) is 0.403. The second kappa shape index (κ2) is 11.1. The summed E-state index contributed by atoms with van der Waals surface area (Å²) in [4.78, 5) is 27.6. The molecule has 0 spiro atoms. The standard InChI is InChI=1S/C26H28Cl3N5O2/c1-15(2)30-26(36)33-12-4-5-20(14-33)31-25(35)23-16(3)24(17-6-8-18(27)9-7-17)34(32-23)22-11-10-19(28)13-21(22)29/h6-11,13,15,20H,4-5,12,14H2,1-3H3,(H,30,36)(H,31,35)/t20-/m0/s1. The summed E-state index contributed by atoms with van der Waals surface area (Å²) in [5.41, 5.74) is 3.15. The van der Waals surface area contributed by atoms with E-state index >= 15 is 0 Å². The number of piperidine rings is 1. The van der Waals surface area contributed by atoms with E-state index < -0.39 is 0 Å². The van der Waals surface area contributed by atoms with Crippen LogP contribution in [0.25, 0.3) is 16.9 Å². The van der Waals surface area contributed by atoms with Gasteiger partial charge >= 0.3 is 6.03 Å². The number of hydrogen-bond donors (Lipinski definition) is 2. The smallest absolute Gasteiger partial charge is 0.317 e. The summed E-state index contributed by atoms with van der Waals surface area (Å²) in [5.74, 6) is -0.303. The number of nitrogens with zero attached hydrogens (tertiary/aromatic N) is 3. The minimum absolute atomic E-state index is 0.0464. The molecule has 10 heteroatoms. The second-order valence-corrected chi connectivity index (χ2v) is 10.5. The number of carbonyl (C=O) groups excluding carboxylic acids is 2.